The number of rotatable bonds is 8. The highest BCUT2D eigenvalue weighted by Crippen LogP contribution is 2.32. The first kappa shape index (κ1) is 24.5. The second-order valence-electron chi connectivity index (χ2n) is 9.41. The van der Waals surface area contributed by atoms with Crippen LogP contribution < -0.4 is 5.32 Å². The van der Waals surface area contributed by atoms with Crippen LogP contribution in [-0.2, 0) is 24.2 Å². The van der Waals surface area contributed by atoms with Gasteiger partial charge in [-0.05, 0) is 73.2 Å². The van der Waals surface area contributed by atoms with Gasteiger partial charge < -0.3 is 9.73 Å². The molecule has 6 heteroatoms. The summed E-state index contributed by atoms with van der Waals surface area (Å²) in [5, 5.41) is 4.06. The second kappa shape index (κ2) is 10.9. The van der Waals surface area contributed by atoms with Gasteiger partial charge in [-0.3, -0.25) is 9.69 Å². The molecule has 1 aliphatic rings. The molecule has 5 rings (SSSR count). The van der Waals surface area contributed by atoms with E-state index in [1.807, 2.05) is 6.07 Å². The van der Waals surface area contributed by atoms with E-state index in [1.54, 1.807) is 18.4 Å². The maximum atomic E-state index is 14.2. The molecule has 1 atom stereocenters. The third kappa shape index (κ3) is 5.18. The molecule has 1 aromatic heterocycles. The van der Waals surface area contributed by atoms with Gasteiger partial charge in [0.15, 0.2) is 0 Å². The Morgan fingerprint density at radius 2 is 2.00 bits per heavy atom. The van der Waals surface area contributed by atoms with Gasteiger partial charge in [0.1, 0.15) is 11.4 Å². The van der Waals surface area contributed by atoms with E-state index < -0.39 is 5.82 Å². The molecule has 1 saturated heterocycles. The number of carbonyl (C=O) groups excluding carboxylic acids is 1. The summed E-state index contributed by atoms with van der Waals surface area (Å²) in [6.45, 7) is 3.95. The first-order valence-electron chi connectivity index (χ1n) is 12.6. The SMILES string of the molecule is CCc1cccc(-c2cc(CCN3CCC[C@H]3C(=O)NCc3cccc(Cl)c3F)cc3ccoc23)c1. The van der Waals surface area contributed by atoms with Crippen LogP contribution in [0.25, 0.3) is 22.1 Å². The van der Waals surface area contributed by atoms with Crippen molar-refractivity contribution in [3.05, 3.63) is 94.5 Å². The van der Waals surface area contributed by atoms with Crippen molar-refractivity contribution >= 4 is 28.5 Å². The van der Waals surface area contributed by atoms with Crippen molar-refractivity contribution in [1.82, 2.24) is 10.2 Å². The zero-order chi connectivity index (χ0) is 25.1. The minimum atomic E-state index is -0.474. The summed E-state index contributed by atoms with van der Waals surface area (Å²) in [5.41, 5.74) is 6.06. The molecule has 0 unspecified atom stereocenters. The molecular formula is C30H30ClFN2O2. The molecular weight excluding hydrogens is 475 g/mol. The standard InChI is InChI=1S/C30H30ClFN2O2/c1-2-20-6-3-7-22(16-20)25-18-21(17-23-12-15-36-29(23)25)11-14-34-13-5-10-27(34)30(35)33-19-24-8-4-9-26(31)28(24)32/h3-4,6-9,12,15-18,27H,2,5,10-11,13-14,19H2,1H3,(H,33,35)/t27-/m0/s1. The Hall–Kier alpha value is -3.15. The van der Waals surface area contributed by atoms with E-state index in [2.05, 4.69) is 53.5 Å². The highest BCUT2D eigenvalue weighted by atomic mass is 35.5. The summed E-state index contributed by atoms with van der Waals surface area (Å²) in [6, 6.07) is 19.6. The van der Waals surface area contributed by atoms with E-state index >= 15 is 0 Å². The number of hydrogen-bond acceptors (Lipinski definition) is 3. The fraction of sp³-hybridized carbons (Fsp3) is 0.300. The van der Waals surface area contributed by atoms with E-state index in [0.29, 0.717) is 5.56 Å². The molecule has 4 aromatic rings. The van der Waals surface area contributed by atoms with Crippen molar-refractivity contribution in [2.24, 2.45) is 0 Å². The predicted molar refractivity (Wildman–Crippen MR) is 143 cm³/mol. The lowest BCUT2D eigenvalue weighted by atomic mass is 9.97. The van der Waals surface area contributed by atoms with Gasteiger partial charge in [0.2, 0.25) is 5.91 Å². The predicted octanol–water partition coefficient (Wildman–Crippen LogP) is 6.78. The van der Waals surface area contributed by atoms with Crippen molar-refractivity contribution in [2.75, 3.05) is 13.1 Å². The number of nitrogens with one attached hydrogen (secondary N) is 1. The van der Waals surface area contributed by atoms with Crippen LogP contribution >= 0.6 is 11.6 Å². The summed E-state index contributed by atoms with van der Waals surface area (Å²) in [5.74, 6) is -0.535. The minimum absolute atomic E-state index is 0.0609. The van der Waals surface area contributed by atoms with Gasteiger partial charge in [0.05, 0.1) is 17.3 Å². The lowest BCUT2D eigenvalue weighted by Crippen LogP contribution is -2.43. The number of halogens is 2. The first-order chi connectivity index (χ1) is 17.5. The summed E-state index contributed by atoms with van der Waals surface area (Å²) in [6.07, 6.45) is 5.33. The lowest BCUT2D eigenvalue weighted by molar-refractivity contribution is -0.125. The highest BCUT2D eigenvalue weighted by Gasteiger charge is 2.30. The normalized spacial score (nSPS) is 16.0. The molecule has 3 aromatic carbocycles. The fourth-order valence-electron chi connectivity index (χ4n) is 5.11. The lowest BCUT2D eigenvalue weighted by Gasteiger charge is -2.24. The van der Waals surface area contributed by atoms with Crippen LogP contribution in [0.5, 0.6) is 0 Å². The molecule has 0 radical (unpaired) electrons. The van der Waals surface area contributed by atoms with Gasteiger partial charge >= 0.3 is 0 Å². The Kier molecular flexibility index (Phi) is 7.40. The average Bonchev–Trinajstić information content (AvgIpc) is 3.57. The molecule has 0 aliphatic carbocycles. The number of furan rings is 1. The Bertz CT molecular complexity index is 1380. The van der Waals surface area contributed by atoms with E-state index in [0.717, 1.165) is 60.9 Å². The van der Waals surface area contributed by atoms with E-state index in [1.165, 1.54) is 17.2 Å². The molecule has 0 spiro atoms. The molecule has 0 bridgehead atoms. The van der Waals surface area contributed by atoms with Crippen molar-refractivity contribution in [2.45, 2.75) is 45.2 Å². The van der Waals surface area contributed by atoms with Gasteiger partial charge in [0, 0.05) is 29.6 Å². The fourth-order valence-corrected chi connectivity index (χ4v) is 5.30. The maximum Gasteiger partial charge on any atom is 0.237 e. The van der Waals surface area contributed by atoms with Gasteiger partial charge in [-0.2, -0.15) is 0 Å². The van der Waals surface area contributed by atoms with Crippen molar-refractivity contribution in [3.8, 4) is 11.1 Å². The Morgan fingerprint density at radius 3 is 2.86 bits per heavy atom. The number of likely N-dealkylation sites (tertiary alicyclic amines) is 1. The van der Waals surface area contributed by atoms with Crippen molar-refractivity contribution < 1.29 is 13.6 Å². The van der Waals surface area contributed by atoms with Crippen LogP contribution in [0.1, 0.15) is 36.5 Å². The molecule has 1 fully saturated rings. The van der Waals surface area contributed by atoms with E-state index in [9.17, 15) is 9.18 Å². The summed E-state index contributed by atoms with van der Waals surface area (Å²) < 4.78 is 20.0. The number of fused-ring (bicyclic) bond motifs is 1. The number of nitrogens with zero attached hydrogens (tertiary/aromatic N) is 1. The molecule has 36 heavy (non-hydrogen) atoms. The van der Waals surface area contributed by atoms with Crippen LogP contribution in [0.3, 0.4) is 0 Å². The maximum absolute atomic E-state index is 14.2. The van der Waals surface area contributed by atoms with Gasteiger partial charge in [-0.25, -0.2) is 4.39 Å². The van der Waals surface area contributed by atoms with Crippen molar-refractivity contribution in [1.29, 1.82) is 0 Å². The Balaban J connectivity index is 1.28. The van der Waals surface area contributed by atoms with Gasteiger partial charge in [-0.1, -0.05) is 54.9 Å². The number of benzene rings is 3. The zero-order valence-electron chi connectivity index (χ0n) is 20.4. The van der Waals surface area contributed by atoms with Crippen LogP contribution in [0.15, 0.2) is 71.3 Å². The van der Waals surface area contributed by atoms with E-state index in [-0.39, 0.29) is 23.5 Å². The number of amides is 1. The summed E-state index contributed by atoms with van der Waals surface area (Å²) in [7, 11) is 0. The molecule has 1 amide bonds. The van der Waals surface area contributed by atoms with Crippen molar-refractivity contribution in [3.63, 3.8) is 0 Å². The minimum Gasteiger partial charge on any atom is -0.464 e. The zero-order valence-corrected chi connectivity index (χ0v) is 21.2. The molecule has 0 saturated carbocycles. The van der Waals surface area contributed by atoms with E-state index in [4.69, 9.17) is 16.0 Å². The van der Waals surface area contributed by atoms with Crippen LogP contribution in [0, 0.1) is 5.82 Å². The molecule has 2 heterocycles. The summed E-state index contributed by atoms with van der Waals surface area (Å²) >= 11 is 5.87. The molecule has 1 aliphatic heterocycles. The quantitative estimate of drug-likeness (QED) is 0.288. The molecule has 1 N–H and O–H groups in total. The molecule has 186 valence electrons. The largest absolute Gasteiger partial charge is 0.464 e. The topological polar surface area (TPSA) is 45.5 Å². The second-order valence-corrected chi connectivity index (χ2v) is 9.82. The highest BCUT2D eigenvalue weighted by molar-refractivity contribution is 6.30. The van der Waals surface area contributed by atoms with Crippen LogP contribution in [0.4, 0.5) is 4.39 Å². The Morgan fingerprint density at radius 1 is 1.14 bits per heavy atom. The molecule has 4 nitrogen and oxygen atoms in total. The van der Waals surface area contributed by atoms with Gasteiger partial charge in [-0.15, -0.1) is 0 Å². The van der Waals surface area contributed by atoms with Crippen LogP contribution in [0.2, 0.25) is 5.02 Å². The smallest absolute Gasteiger partial charge is 0.237 e. The monoisotopic (exact) mass is 504 g/mol. The first-order valence-corrected chi connectivity index (χ1v) is 13.0. The number of hydrogen-bond donors (Lipinski definition) is 1. The van der Waals surface area contributed by atoms with Crippen LogP contribution in [-0.4, -0.2) is 29.9 Å². The third-order valence-electron chi connectivity index (χ3n) is 7.10. The van der Waals surface area contributed by atoms with Gasteiger partial charge in [0.25, 0.3) is 0 Å². The Labute approximate surface area is 216 Å². The average molecular weight is 505 g/mol. The summed E-state index contributed by atoms with van der Waals surface area (Å²) in [4.78, 5) is 15.2. The number of aryl methyl sites for hydroxylation is 1. The number of carbonyl (C=O) groups is 1. The third-order valence-corrected chi connectivity index (χ3v) is 7.39.